The van der Waals surface area contributed by atoms with Gasteiger partial charge in [-0.3, -0.25) is 19.3 Å². The first-order valence-corrected chi connectivity index (χ1v) is 11.0. The zero-order valence-corrected chi connectivity index (χ0v) is 17.2. The molecule has 2 saturated heterocycles. The molecule has 3 aliphatic rings. The summed E-state index contributed by atoms with van der Waals surface area (Å²) < 4.78 is 0. The summed E-state index contributed by atoms with van der Waals surface area (Å²) in [6, 6.07) is 8.45. The third-order valence-electron chi connectivity index (χ3n) is 6.82. The van der Waals surface area contributed by atoms with Crippen LogP contribution >= 0.6 is 0 Å². The first-order chi connectivity index (χ1) is 14.1. The minimum Gasteiger partial charge on any atom is -0.333 e. The normalized spacial score (nSPS) is 27.3. The smallest absolute Gasteiger partial charge is 0.233 e. The maximum Gasteiger partial charge on any atom is 0.233 e. The van der Waals surface area contributed by atoms with Gasteiger partial charge < -0.3 is 10.2 Å². The number of carbonyl (C=O) groups excluding carboxylic acids is 3. The average Bonchev–Trinajstić information content (AvgIpc) is 3.02. The monoisotopic (exact) mass is 397 g/mol. The highest BCUT2D eigenvalue weighted by Crippen LogP contribution is 2.38. The second-order valence-corrected chi connectivity index (χ2v) is 8.48. The van der Waals surface area contributed by atoms with Gasteiger partial charge in [0.2, 0.25) is 17.7 Å². The summed E-state index contributed by atoms with van der Waals surface area (Å²) in [5, 5.41) is 3.38. The molecular formula is C23H31N3O3. The van der Waals surface area contributed by atoms with Crippen molar-refractivity contribution < 1.29 is 14.4 Å². The van der Waals surface area contributed by atoms with Crippen molar-refractivity contribution in [2.75, 3.05) is 26.2 Å². The number of imide groups is 1. The summed E-state index contributed by atoms with van der Waals surface area (Å²) in [4.78, 5) is 41.6. The molecule has 6 nitrogen and oxygen atoms in total. The Balaban J connectivity index is 1.41. The molecule has 4 rings (SSSR count). The van der Waals surface area contributed by atoms with E-state index in [0.717, 1.165) is 50.8 Å². The second kappa shape index (κ2) is 8.66. The Morgan fingerprint density at radius 3 is 2.34 bits per heavy atom. The van der Waals surface area contributed by atoms with Crippen molar-refractivity contribution >= 4 is 17.7 Å². The molecule has 6 heteroatoms. The largest absolute Gasteiger partial charge is 0.333 e. The van der Waals surface area contributed by atoms with Crippen molar-refractivity contribution in [3.8, 4) is 0 Å². The van der Waals surface area contributed by atoms with Crippen LogP contribution in [0.1, 0.15) is 56.2 Å². The average molecular weight is 398 g/mol. The molecule has 1 saturated carbocycles. The van der Waals surface area contributed by atoms with Crippen molar-refractivity contribution in [1.82, 2.24) is 15.1 Å². The SMILES string of the molecule is CCc1ccc(C2CNCCN2C(=O)CCN2C(=O)C3CCCCC3C2=O)cc1. The van der Waals surface area contributed by atoms with Crippen molar-refractivity contribution in [3.05, 3.63) is 35.4 Å². The number of nitrogens with one attached hydrogen (secondary N) is 1. The van der Waals surface area contributed by atoms with E-state index in [2.05, 4.69) is 36.5 Å². The number of rotatable bonds is 5. The lowest BCUT2D eigenvalue weighted by molar-refractivity contribution is -0.141. The Labute approximate surface area is 172 Å². The number of hydrogen-bond donors (Lipinski definition) is 1. The van der Waals surface area contributed by atoms with E-state index in [0.29, 0.717) is 6.54 Å². The van der Waals surface area contributed by atoms with Crippen LogP contribution in [0.5, 0.6) is 0 Å². The molecule has 3 unspecified atom stereocenters. The van der Waals surface area contributed by atoms with Crippen molar-refractivity contribution in [2.45, 2.75) is 51.5 Å². The highest BCUT2D eigenvalue weighted by Gasteiger charge is 2.48. The molecule has 3 amide bonds. The first-order valence-electron chi connectivity index (χ1n) is 11.0. The molecule has 0 spiro atoms. The van der Waals surface area contributed by atoms with E-state index in [1.54, 1.807) is 0 Å². The molecule has 2 heterocycles. The molecule has 2 aliphatic heterocycles. The molecule has 0 bridgehead atoms. The lowest BCUT2D eigenvalue weighted by atomic mass is 9.81. The van der Waals surface area contributed by atoms with E-state index in [1.807, 2.05) is 4.90 Å². The van der Waals surface area contributed by atoms with Crippen LogP contribution in [-0.2, 0) is 20.8 Å². The number of fused-ring (bicyclic) bond motifs is 1. The highest BCUT2D eigenvalue weighted by atomic mass is 16.2. The number of benzene rings is 1. The van der Waals surface area contributed by atoms with Gasteiger partial charge in [0, 0.05) is 32.6 Å². The fourth-order valence-corrected chi connectivity index (χ4v) is 5.08. The van der Waals surface area contributed by atoms with Gasteiger partial charge in [0.1, 0.15) is 0 Å². The van der Waals surface area contributed by atoms with E-state index in [-0.39, 0.29) is 48.6 Å². The summed E-state index contributed by atoms with van der Waals surface area (Å²) in [5.74, 6) is -0.378. The van der Waals surface area contributed by atoms with E-state index in [9.17, 15) is 14.4 Å². The number of likely N-dealkylation sites (tertiary alicyclic amines) is 1. The fourth-order valence-electron chi connectivity index (χ4n) is 5.08. The van der Waals surface area contributed by atoms with Gasteiger partial charge in [0.15, 0.2) is 0 Å². The number of piperazine rings is 1. The zero-order valence-electron chi connectivity index (χ0n) is 17.2. The van der Waals surface area contributed by atoms with E-state index >= 15 is 0 Å². The van der Waals surface area contributed by atoms with Crippen molar-refractivity contribution in [2.24, 2.45) is 11.8 Å². The lowest BCUT2D eigenvalue weighted by Gasteiger charge is -2.37. The van der Waals surface area contributed by atoms with Crippen LogP contribution in [0.3, 0.4) is 0 Å². The molecule has 1 N–H and O–H groups in total. The number of aryl methyl sites for hydroxylation is 1. The van der Waals surface area contributed by atoms with Gasteiger partial charge in [-0.2, -0.15) is 0 Å². The van der Waals surface area contributed by atoms with Gasteiger partial charge in [-0.05, 0) is 30.4 Å². The number of hydrogen-bond acceptors (Lipinski definition) is 4. The van der Waals surface area contributed by atoms with Crippen molar-refractivity contribution in [3.63, 3.8) is 0 Å². The number of nitrogens with zero attached hydrogens (tertiary/aromatic N) is 2. The van der Waals surface area contributed by atoms with Crippen LogP contribution in [-0.4, -0.2) is 53.7 Å². The summed E-state index contributed by atoms with van der Waals surface area (Å²) in [6.45, 7) is 4.48. The summed E-state index contributed by atoms with van der Waals surface area (Å²) >= 11 is 0. The minimum atomic E-state index is -0.143. The second-order valence-electron chi connectivity index (χ2n) is 8.48. The molecule has 1 aromatic carbocycles. The fraction of sp³-hybridized carbons (Fsp3) is 0.609. The molecule has 156 valence electrons. The predicted octanol–water partition coefficient (Wildman–Crippen LogP) is 2.29. The quantitative estimate of drug-likeness (QED) is 0.774. The molecule has 1 aromatic rings. The van der Waals surface area contributed by atoms with Gasteiger partial charge in [0.05, 0.1) is 17.9 Å². The van der Waals surface area contributed by atoms with Gasteiger partial charge in [-0.1, -0.05) is 44.0 Å². The highest BCUT2D eigenvalue weighted by molar-refractivity contribution is 6.05. The topological polar surface area (TPSA) is 69.7 Å². The predicted molar refractivity (Wildman–Crippen MR) is 110 cm³/mol. The van der Waals surface area contributed by atoms with Crippen LogP contribution < -0.4 is 5.32 Å². The third-order valence-corrected chi connectivity index (χ3v) is 6.82. The van der Waals surface area contributed by atoms with E-state index in [1.165, 1.54) is 10.5 Å². The lowest BCUT2D eigenvalue weighted by Crippen LogP contribution is -2.49. The molecular weight excluding hydrogens is 366 g/mol. The van der Waals surface area contributed by atoms with Gasteiger partial charge >= 0.3 is 0 Å². The summed E-state index contributed by atoms with van der Waals surface area (Å²) in [7, 11) is 0. The van der Waals surface area contributed by atoms with Gasteiger partial charge in [-0.25, -0.2) is 0 Å². The summed E-state index contributed by atoms with van der Waals surface area (Å²) in [5.41, 5.74) is 2.41. The molecule has 3 atom stereocenters. The van der Waals surface area contributed by atoms with E-state index < -0.39 is 0 Å². The van der Waals surface area contributed by atoms with Crippen LogP contribution in [0.4, 0.5) is 0 Å². The molecule has 0 aromatic heterocycles. The molecule has 1 aliphatic carbocycles. The van der Waals surface area contributed by atoms with Crippen LogP contribution in [0.25, 0.3) is 0 Å². The Hall–Kier alpha value is -2.21. The minimum absolute atomic E-state index is 0.00489. The summed E-state index contributed by atoms with van der Waals surface area (Å²) in [6.07, 6.45) is 4.87. The maximum absolute atomic E-state index is 13.0. The Morgan fingerprint density at radius 1 is 1.07 bits per heavy atom. The number of carbonyl (C=O) groups is 3. The van der Waals surface area contributed by atoms with E-state index in [4.69, 9.17) is 0 Å². The zero-order chi connectivity index (χ0) is 20.4. The Kier molecular flexibility index (Phi) is 5.99. The standard InChI is InChI=1S/C23H31N3O3/c1-2-16-7-9-17(10-8-16)20-15-24-12-14-25(20)21(27)11-13-26-22(28)18-5-3-4-6-19(18)23(26)29/h7-10,18-20,24H,2-6,11-15H2,1H3. The first kappa shape index (κ1) is 20.1. The van der Waals surface area contributed by atoms with Gasteiger partial charge in [-0.15, -0.1) is 0 Å². The maximum atomic E-state index is 13.0. The van der Waals surface area contributed by atoms with Gasteiger partial charge in [0.25, 0.3) is 0 Å². The number of amides is 3. The van der Waals surface area contributed by atoms with Crippen LogP contribution in [0.15, 0.2) is 24.3 Å². The molecule has 3 fully saturated rings. The molecule has 0 radical (unpaired) electrons. The van der Waals surface area contributed by atoms with Crippen molar-refractivity contribution in [1.29, 1.82) is 0 Å². The third kappa shape index (κ3) is 3.95. The Bertz CT molecular complexity index is 752. The van der Waals surface area contributed by atoms with Crippen LogP contribution in [0.2, 0.25) is 0 Å². The molecule has 29 heavy (non-hydrogen) atoms. The Morgan fingerprint density at radius 2 is 1.72 bits per heavy atom. The van der Waals surface area contributed by atoms with Crippen LogP contribution in [0, 0.1) is 11.8 Å².